The Morgan fingerprint density at radius 1 is 1.15 bits per heavy atom. The highest BCUT2D eigenvalue weighted by Gasteiger charge is 2.07. The summed E-state index contributed by atoms with van der Waals surface area (Å²) in [5.74, 6) is 1.38. The molecule has 2 heterocycles. The number of nitrogens with zero attached hydrogens (tertiary/aromatic N) is 4. The van der Waals surface area contributed by atoms with E-state index >= 15 is 0 Å². The van der Waals surface area contributed by atoms with E-state index < -0.39 is 0 Å². The van der Waals surface area contributed by atoms with Crippen LogP contribution in [0.1, 0.15) is 11.4 Å². The number of aromatic nitrogens is 4. The lowest BCUT2D eigenvalue weighted by Gasteiger charge is -2.04. The fraction of sp³-hybridized carbons (Fsp3) is 0.105. The van der Waals surface area contributed by atoms with Gasteiger partial charge in [-0.25, -0.2) is 5.10 Å². The number of hydrogen-bond acceptors (Lipinski definition) is 4. The van der Waals surface area contributed by atoms with Crippen LogP contribution in [0.2, 0.25) is 0 Å². The smallest absolute Gasteiger partial charge is 0.216 e. The van der Waals surface area contributed by atoms with Crippen LogP contribution in [-0.2, 0) is 13.7 Å². The third kappa shape index (κ3) is 3.16. The summed E-state index contributed by atoms with van der Waals surface area (Å²) in [7, 11) is 2.02. The quantitative estimate of drug-likeness (QED) is 0.432. The van der Waals surface area contributed by atoms with E-state index in [-0.39, 0.29) is 6.61 Å². The topological polar surface area (TPSA) is 60.1 Å². The lowest BCUT2D eigenvalue weighted by atomic mass is 10.2. The van der Waals surface area contributed by atoms with E-state index in [2.05, 4.69) is 32.0 Å². The molecule has 130 valence electrons. The van der Waals surface area contributed by atoms with Gasteiger partial charge in [-0.1, -0.05) is 36.4 Å². The minimum atomic E-state index is 0.268. The lowest BCUT2D eigenvalue weighted by Crippen LogP contribution is -2.04. The molecule has 0 saturated carbocycles. The zero-order valence-electron chi connectivity index (χ0n) is 14.2. The standard InChI is InChI=1S/C19H17N5OS/c1-23-12-14(16-9-5-6-10-17(16)23)11-20-24-18(21-22-19(24)26)13-25-15-7-3-2-4-8-15/h2-12H,13H2,1H3,(H,22,26)/b20-11-. The molecule has 1 N–H and O–H groups in total. The Bertz CT molecular complexity index is 1120. The van der Waals surface area contributed by atoms with E-state index in [1.807, 2.05) is 55.7 Å². The van der Waals surface area contributed by atoms with Crippen LogP contribution < -0.4 is 4.74 Å². The summed E-state index contributed by atoms with van der Waals surface area (Å²) in [4.78, 5) is 0. The summed E-state index contributed by atoms with van der Waals surface area (Å²) in [6.07, 6.45) is 3.83. The molecule has 0 radical (unpaired) electrons. The van der Waals surface area contributed by atoms with Crippen LogP contribution in [0.25, 0.3) is 10.9 Å². The van der Waals surface area contributed by atoms with Crippen LogP contribution in [-0.4, -0.2) is 25.7 Å². The average molecular weight is 363 g/mol. The van der Waals surface area contributed by atoms with Gasteiger partial charge in [-0.3, -0.25) is 0 Å². The van der Waals surface area contributed by atoms with Crippen molar-refractivity contribution in [1.29, 1.82) is 0 Å². The highest BCUT2D eigenvalue weighted by atomic mass is 32.1. The molecule has 0 bridgehead atoms. The molecule has 0 amide bonds. The number of aryl methyl sites for hydroxylation is 1. The fourth-order valence-corrected chi connectivity index (χ4v) is 3.00. The van der Waals surface area contributed by atoms with E-state index in [0.717, 1.165) is 22.2 Å². The molecule has 0 fully saturated rings. The summed E-state index contributed by atoms with van der Waals surface area (Å²) < 4.78 is 9.83. The number of fused-ring (bicyclic) bond motifs is 1. The molecule has 4 aromatic rings. The largest absolute Gasteiger partial charge is 0.486 e. The molecule has 0 unspecified atom stereocenters. The van der Waals surface area contributed by atoms with Crippen molar-refractivity contribution in [2.75, 3.05) is 0 Å². The van der Waals surface area contributed by atoms with E-state index in [9.17, 15) is 0 Å². The van der Waals surface area contributed by atoms with Gasteiger partial charge in [0.05, 0.1) is 6.21 Å². The second-order valence-electron chi connectivity index (χ2n) is 5.82. The molecule has 0 atom stereocenters. The molecule has 0 aliphatic heterocycles. The van der Waals surface area contributed by atoms with Gasteiger partial charge in [-0.15, -0.1) is 0 Å². The zero-order valence-corrected chi connectivity index (χ0v) is 15.0. The van der Waals surface area contributed by atoms with Gasteiger partial charge in [-0.2, -0.15) is 14.9 Å². The fourth-order valence-electron chi connectivity index (χ4n) is 2.80. The molecular weight excluding hydrogens is 346 g/mol. The minimum Gasteiger partial charge on any atom is -0.486 e. The third-order valence-electron chi connectivity index (χ3n) is 4.07. The molecule has 4 rings (SSSR count). The van der Waals surface area contributed by atoms with Gasteiger partial charge in [0.1, 0.15) is 12.4 Å². The number of para-hydroxylation sites is 2. The highest BCUT2D eigenvalue weighted by Crippen LogP contribution is 2.19. The molecule has 2 aromatic carbocycles. The Morgan fingerprint density at radius 3 is 2.77 bits per heavy atom. The summed E-state index contributed by atoms with van der Waals surface area (Å²) in [5, 5.41) is 12.6. The zero-order chi connectivity index (χ0) is 17.9. The number of aromatic amines is 1. The molecule has 0 aliphatic rings. The van der Waals surface area contributed by atoms with Gasteiger partial charge in [0.15, 0.2) is 5.82 Å². The van der Waals surface area contributed by atoms with Crippen LogP contribution in [0.15, 0.2) is 65.9 Å². The maximum absolute atomic E-state index is 5.74. The highest BCUT2D eigenvalue weighted by molar-refractivity contribution is 7.71. The van der Waals surface area contributed by atoms with Crippen molar-refractivity contribution in [3.8, 4) is 5.75 Å². The van der Waals surface area contributed by atoms with Crippen molar-refractivity contribution in [2.45, 2.75) is 6.61 Å². The van der Waals surface area contributed by atoms with Crippen LogP contribution in [0.4, 0.5) is 0 Å². The molecule has 7 heteroatoms. The molecule has 6 nitrogen and oxygen atoms in total. The Morgan fingerprint density at radius 2 is 1.92 bits per heavy atom. The van der Waals surface area contributed by atoms with Crippen molar-refractivity contribution in [1.82, 2.24) is 19.4 Å². The number of ether oxygens (including phenoxy) is 1. The number of nitrogens with one attached hydrogen (secondary N) is 1. The van der Waals surface area contributed by atoms with Crippen molar-refractivity contribution < 1.29 is 4.74 Å². The van der Waals surface area contributed by atoms with Crippen molar-refractivity contribution in [3.05, 3.63) is 77.0 Å². The normalized spacial score (nSPS) is 11.4. The predicted molar refractivity (Wildman–Crippen MR) is 104 cm³/mol. The Hall–Kier alpha value is -3.19. The lowest BCUT2D eigenvalue weighted by molar-refractivity contribution is 0.290. The number of benzene rings is 2. The minimum absolute atomic E-state index is 0.268. The SMILES string of the molecule is Cn1cc(/C=N\n2c(COc3ccccc3)n[nH]c2=S)c2ccccc21. The maximum Gasteiger partial charge on any atom is 0.216 e. The van der Waals surface area contributed by atoms with E-state index in [4.69, 9.17) is 17.0 Å². The first-order valence-corrected chi connectivity index (χ1v) is 8.56. The van der Waals surface area contributed by atoms with E-state index in [1.54, 1.807) is 10.9 Å². The molecule has 0 aliphatic carbocycles. The van der Waals surface area contributed by atoms with Gasteiger partial charge in [0, 0.05) is 29.7 Å². The monoisotopic (exact) mass is 363 g/mol. The van der Waals surface area contributed by atoms with Crippen LogP contribution in [0.3, 0.4) is 0 Å². The van der Waals surface area contributed by atoms with E-state index in [1.165, 1.54) is 0 Å². The molecule has 26 heavy (non-hydrogen) atoms. The Balaban J connectivity index is 1.61. The van der Waals surface area contributed by atoms with Gasteiger partial charge >= 0.3 is 0 Å². The summed E-state index contributed by atoms with van der Waals surface area (Å²) in [5.41, 5.74) is 2.17. The van der Waals surface area contributed by atoms with Gasteiger partial charge in [-0.05, 0) is 30.4 Å². The van der Waals surface area contributed by atoms with Crippen LogP contribution in [0.5, 0.6) is 5.75 Å². The average Bonchev–Trinajstić information content (AvgIpc) is 3.19. The van der Waals surface area contributed by atoms with Crippen molar-refractivity contribution >= 4 is 29.3 Å². The summed E-state index contributed by atoms with van der Waals surface area (Å²) >= 11 is 5.29. The summed E-state index contributed by atoms with van der Waals surface area (Å²) in [6.45, 7) is 0.268. The second-order valence-corrected chi connectivity index (χ2v) is 6.20. The molecule has 0 saturated heterocycles. The maximum atomic E-state index is 5.74. The number of rotatable bonds is 5. The van der Waals surface area contributed by atoms with Crippen LogP contribution in [0, 0.1) is 4.77 Å². The first kappa shape index (κ1) is 16.3. The number of hydrogen-bond donors (Lipinski definition) is 1. The first-order chi connectivity index (χ1) is 12.7. The van der Waals surface area contributed by atoms with Crippen molar-refractivity contribution in [3.63, 3.8) is 0 Å². The van der Waals surface area contributed by atoms with Crippen LogP contribution >= 0.6 is 12.2 Å². The first-order valence-electron chi connectivity index (χ1n) is 8.15. The Kier molecular flexibility index (Phi) is 4.37. The van der Waals surface area contributed by atoms with Gasteiger partial charge in [0.2, 0.25) is 4.77 Å². The summed E-state index contributed by atoms with van der Waals surface area (Å²) in [6, 6.07) is 17.8. The van der Waals surface area contributed by atoms with Gasteiger partial charge < -0.3 is 9.30 Å². The Labute approximate surface area is 155 Å². The van der Waals surface area contributed by atoms with Gasteiger partial charge in [0.25, 0.3) is 0 Å². The molecule has 0 spiro atoms. The van der Waals surface area contributed by atoms with E-state index in [0.29, 0.717) is 10.6 Å². The number of H-pyrrole nitrogens is 1. The predicted octanol–water partition coefficient (Wildman–Crippen LogP) is 3.89. The third-order valence-corrected chi connectivity index (χ3v) is 4.33. The molecule has 2 aromatic heterocycles. The van der Waals surface area contributed by atoms with Crippen molar-refractivity contribution in [2.24, 2.45) is 12.1 Å². The molecular formula is C19H17N5OS. The second kappa shape index (κ2) is 6.97.